The molecule has 0 bridgehead atoms. The number of nitrogens with zero attached hydrogens (tertiary/aromatic N) is 3. The monoisotopic (exact) mass is 407 g/mol. The smallest absolute Gasteiger partial charge is 0.227 e. The lowest BCUT2D eigenvalue weighted by Gasteiger charge is -2.24. The van der Waals surface area contributed by atoms with Gasteiger partial charge in [-0.3, -0.25) is 4.98 Å². The Hall–Kier alpha value is -2.44. The van der Waals surface area contributed by atoms with Crippen LogP contribution in [0.2, 0.25) is 0 Å². The molecule has 0 spiro atoms. The van der Waals surface area contributed by atoms with E-state index in [1.54, 1.807) is 18.0 Å². The fourth-order valence-electron chi connectivity index (χ4n) is 3.36. The Morgan fingerprint density at radius 1 is 1.10 bits per heavy atom. The first-order valence-corrected chi connectivity index (χ1v) is 11.0. The first kappa shape index (κ1) is 19.9. The highest BCUT2D eigenvalue weighted by Gasteiger charge is 2.27. The van der Waals surface area contributed by atoms with Crippen molar-refractivity contribution in [1.82, 2.24) is 15.0 Å². The van der Waals surface area contributed by atoms with E-state index in [0.717, 1.165) is 51.6 Å². The number of aryl methyl sites for hydroxylation is 2. The third-order valence-corrected chi connectivity index (χ3v) is 6.21. The molecule has 0 saturated heterocycles. The van der Waals surface area contributed by atoms with E-state index in [9.17, 15) is 5.11 Å². The molecule has 3 heterocycles. The zero-order valence-electron chi connectivity index (χ0n) is 17.0. The van der Waals surface area contributed by atoms with Gasteiger partial charge in [-0.05, 0) is 26.0 Å². The number of ether oxygens (including phenoxy) is 1. The number of pyridine rings is 1. The highest BCUT2D eigenvalue weighted by molar-refractivity contribution is 7.99. The normalized spacial score (nSPS) is 12.3. The highest BCUT2D eigenvalue weighted by atomic mass is 32.2. The molecule has 0 fully saturated rings. The van der Waals surface area contributed by atoms with Crippen LogP contribution in [0.5, 0.6) is 11.6 Å². The Balaban J connectivity index is 1.81. The number of fused-ring (bicyclic) bond motifs is 2. The van der Waals surface area contributed by atoms with E-state index in [4.69, 9.17) is 14.7 Å². The van der Waals surface area contributed by atoms with Crippen molar-refractivity contribution in [2.75, 3.05) is 5.75 Å². The van der Waals surface area contributed by atoms with Gasteiger partial charge in [0.25, 0.3) is 0 Å². The molecule has 150 valence electrons. The van der Waals surface area contributed by atoms with Crippen LogP contribution in [0.25, 0.3) is 11.4 Å². The summed E-state index contributed by atoms with van der Waals surface area (Å²) in [6.07, 6.45) is 4.65. The van der Waals surface area contributed by atoms with Gasteiger partial charge >= 0.3 is 0 Å². The lowest BCUT2D eigenvalue weighted by molar-refractivity contribution is 0.278. The summed E-state index contributed by atoms with van der Waals surface area (Å²) in [6, 6.07) is 8.23. The average Bonchev–Trinajstić information content (AvgIpc) is 2.74. The van der Waals surface area contributed by atoms with Gasteiger partial charge in [-0.2, -0.15) is 4.98 Å². The summed E-state index contributed by atoms with van der Waals surface area (Å²) in [7, 11) is 0. The van der Waals surface area contributed by atoms with Crippen LogP contribution in [0.3, 0.4) is 0 Å². The van der Waals surface area contributed by atoms with Gasteiger partial charge < -0.3 is 9.84 Å². The van der Waals surface area contributed by atoms with Crippen molar-refractivity contribution in [3.63, 3.8) is 0 Å². The standard InChI is InChI=1S/C23H25N3O2S/c1-4-5-10-29-23-19-11-18-17(13-27)12-24-15(3)20(18)28-22(19)25-21(26-23)16-8-6-14(2)7-9-16/h6-9,12,27H,4-5,10-11,13H2,1-3H3. The summed E-state index contributed by atoms with van der Waals surface area (Å²) in [4.78, 5) is 14.0. The number of aliphatic hydroxyl groups excluding tert-OH is 1. The first-order chi connectivity index (χ1) is 14.1. The van der Waals surface area contributed by atoms with E-state index in [1.165, 1.54) is 5.56 Å². The summed E-state index contributed by atoms with van der Waals surface area (Å²) in [5.74, 6) is 2.99. The minimum Gasteiger partial charge on any atom is -0.436 e. The van der Waals surface area contributed by atoms with Crippen molar-refractivity contribution in [2.45, 2.75) is 51.7 Å². The number of hydrogen-bond acceptors (Lipinski definition) is 6. The van der Waals surface area contributed by atoms with Gasteiger partial charge in [0, 0.05) is 29.3 Å². The third-order valence-electron chi connectivity index (χ3n) is 5.10. The minimum absolute atomic E-state index is 0.0606. The topological polar surface area (TPSA) is 68.1 Å². The highest BCUT2D eigenvalue weighted by Crippen LogP contribution is 2.42. The quantitative estimate of drug-likeness (QED) is 0.268. The summed E-state index contributed by atoms with van der Waals surface area (Å²) >= 11 is 1.75. The molecule has 29 heavy (non-hydrogen) atoms. The van der Waals surface area contributed by atoms with Crippen LogP contribution in [-0.4, -0.2) is 25.8 Å². The molecule has 0 amide bonds. The molecule has 0 atom stereocenters. The maximum Gasteiger partial charge on any atom is 0.227 e. The second-order valence-corrected chi connectivity index (χ2v) is 8.40. The van der Waals surface area contributed by atoms with Crippen LogP contribution >= 0.6 is 11.8 Å². The summed E-state index contributed by atoms with van der Waals surface area (Å²) in [6.45, 7) is 6.12. The average molecular weight is 408 g/mol. The number of unbranched alkanes of at least 4 members (excludes halogenated alkanes) is 1. The number of thioether (sulfide) groups is 1. The summed E-state index contributed by atoms with van der Waals surface area (Å²) in [5.41, 5.74) is 5.75. The van der Waals surface area contributed by atoms with Gasteiger partial charge in [0.2, 0.25) is 5.88 Å². The van der Waals surface area contributed by atoms with Crippen LogP contribution in [-0.2, 0) is 13.0 Å². The Morgan fingerprint density at radius 3 is 2.62 bits per heavy atom. The Kier molecular flexibility index (Phi) is 5.83. The van der Waals surface area contributed by atoms with E-state index in [0.29, 0.717) is 23.9 Å². The number of rotatable bonds is 6. The fourth-order valence-corrected chi connectivity index (χ4v) is 4.47. The second kappa shape index (κ2) is 8.51. The van der Waals surface area contributed by atoms with Crippen LogP contribution in [0.15, 0.2) is 35.5 Å². The molecule has 1 aromatic carbocycles. The van der Waals surface area contributed by atoms with Crippen LogP contribution in [0, 0.1) is 13.8 Å². The van der Waals surface area contributed by atoms with Gasteiger partial charge in [0.05, 0.1) is 17.9 Å². The molecule has 0 saturated carbocycles. The lowest BCUT2D eigenvalue weighted by atomic mass is 9.99. The van der Waals surface area contributed by atoms with Crippen molar-refractivity contribution >= 4 is 11.8 Å². The fraction of sp³-hybridized carbons (Fsp3) is 0.348. The zero-order chi connectivity index (χ0) is 20.4. The molecule has 1 aliphatic rings. The largest absolute Gasteiger partial charge is 0.436 e. The molecule has 0 radical (unpaired) electrons. The lowest BCUT2D eigenvalue weighted by Crippen LogP contribution is -2.13. The molecule has 6 heteroatoms. The number of aliphatic hydroxyl groups is 1. The number of aromatic nitrogens is 3. The van der Waals surface area contributed by atoms with Crippen molar-refractivity contribution in [3.05, 3.63) is 58.4 Å². The van der Waals surface area contributed by atoms with Gasteiger partial charge in [0.15, 0.2) is 11.6 Å². The molecule has 1 aliphatic heterocycles. The number of benzene rings is 1. The summed E-state index contributed by atoms with van der Waals surface area (Å²) in [5, 5.41) is 10.7. The zero-order valence-corrected chi connectivity index (χ0v) is 17.8. The Labute approximate surface area is 175 Å². The molecule has 3 aromatic rings. The minimum atomic E-state index is -0.0606. The van der Waals surface area contributed by atoms with Crippen molar-refractivity contribution in [3.8, 4) is 23.0 Å². The van der Waals surface area contributed by atoms with Crippen molar-refractivity contribution < 1.29 is 9.84 Å². The number of hydrogen-bond donors (Lipinski definition) is 1. The Morgan fingerprint density at radius 2 is 1.90 bits per heavy atom. The van der Waals surface area contributed by atoms with Crippen LogP contribution in [0.4, 0.5) is 0 Å². The van der Waals surface area contributed by atoms with Crippen LogP contribution in [0.1, 0.15) is 47.7 Å². The first-order valence-electron chi connectivity index (χ1n) is 9.97. The van der Waals surface area contributed by atoms with Crippen LogP contribution < -0.4 is 4.74 Å². The molecule has 4 rings (SSSR count). The van der Waals surface area contributed by atoms with E-state index in [1.807, 2.05) is 19.1 Å². The van der Waals surface area contributed by atoms with E-state index >= 15 is 0 Å². The molecule has 2 aromatic heterocycles. The van der Waals surface area contributed by atoms with Crippen molar-refractivity contribution in [2.24, 2.45) is 0 Å². The predicted octanol–water partition coefficient (Wildman–Crippen LogP) is 5.24. The van der Waals surface area contributed by atoms with E-state index < -0.39 is 0 Å². The second-order valence-electron chi connectivity index (χ2n) is 7.32. The van der Waals surface area contributed by atoms with Crippen molar-refractivity contribution in [1.29, 1.82) is 0 Å². The van der Waals surface area contributed by atoms with E-state index in [-0.39, 0.29) is 6.61 Å². The molecular formula is C23H25N3O2S. The van der Waals surface area contributed by atoms with E-state index in [2.05, 4.69) is 31.0 Å². The SMILES string of the molecule is CCCCSc1nc(-c2ccc(C)cc2)nc2c1Cc1c(CO)cnc(C)c1O2. The maximum absolute atomic E-state index is 9.76. The van der Waals surface area contributed by atoms with Gasteiger partial charge in [-0.15, -0.1) is 11.8 Å². The van der Waals surface area contributed by atoms with Gasteiger partial charge in [-0.1, -0.05) is 43.2 Å². The van der Waals surface area contributed by atoms with Gasteiger partial charge in [0.1, 0.15) is 5.03 Å². The molecule has 0 unspecified atom stereocenters. The summed E-state index contributed by atoms with van der Waals surface area (Å²) < 4.78 is 6.25. The molecule has 1 N–H and O–H groups in total. The molecule has 0 aliphatic carbocycles. The third kappa shape index (κ3) is 4.00. The Bertz CT molecular complexity index is 1040. The predicted molar refractivity (Wildman–Crippen MR) is 116 cm³/mol. The molecule has 5 nitrogen and oxygen atoms in total. The maximum atomic E-state index is 9.76. The van der Waals surface area contributed by atoms with Gasteiger partial charge in [-0.25, -0.2) is 4.98 Å². The molecular weight excluding hydrogens is 382 g/mol.